The summed E-state index contributed by atoms with van der Waals surface area (Å²) in [6, 6.07) is 0. The van der Waals surface area contributed by atoms with Crippen LogP contribution >= 0.6 is 0 Å². The second-order valence-corrected chi connectivity index (χ2v) is 4.45. The summed E-state index contributed by atoms with van der Waals surface area (Å²) < 4.78 is 10.5. The van der Waals surface area contributed by atoms with Crippen LogP contribution in [0.3, 0.4) is 0 Å². The van der Waals surface area contributed by atoms with Crippen LogP contribution in [-0.4, -0.2) is 24.1 Å². The molecule has 0 aromatic rings. The van der Waals surface area contributed by atoms with Crippen LogP contribution in [0.4, 0.5) is 0 Å². The molecule has 92 valence electrons. The summed E-state index contributed by atoms with van der Waals surface area (Å²) in [4.78, 5) is 22.2. The maximum Gasteiger partial charge on any atom is 0.305 e. The molecule has 0 unspecified atom stereocenters. The van der Waals surface area contributed by atoms with E-state index in [4.69, 9.17) is 9.47 Å². The predicted octanol–water partition coefficient (Wildman–Crippen LogP) is 2.06. The van der Waals surface area contributed by atoms with Crippen molar-refractivity contribution in [2.75, 3.05) is 0 Å². The van der Waals surface area contributed by atoms with Gasteiger partial charge in [-0.3, -0.25) is 9.59 Å². The van der Waals surface area contributed by atoms with Gasteiger partial charge in [-0.05, 0) is 25.2 Å². The van der Waals surface area contributed by atoms with E-state index in [1.807, 2.05) is 0 Å². The molecule has 0 amide bonds. The van der Waals surface area contributed by atoms with Gasteiger partial charge in [0, 0.05) is 13.3 Å². The van der Waals surface area contributed by atoms with Crippen molar-refractivity contribution in [2.45, 2.75) is 58.7 Å². The fourth-order valence-corrected chi connectivity index (χ4v) is 2.03. The quantitative estimate of drug-likeness (QED) is 0.694. The molecule has 0 heterocycles. The SMILES string of the molecule is CCC(=O)O[C@@H]1C[C@H](C)CC[C@H]1OC(C)=O. The summed E-state index contributed by atoms with van der Waals surface area (Å²) >= 11 is 0. The molecule has 1 aliphatic carbocycles. The second kappa shape index (κ2) is 5.87. The molecular formula is C12H20O4. The monoisotopic (exact) mass is 228 g/mol. The Morgan fingerprint density at radius 2 is 1.88 bits per heavy atom. The van der Waals surface area contributed by atoms with E-state index in [1.165, 1.54) is 6.92 Å². The zero-order chi connectivity index (χ0) is 12.1. The van der Waals surface area contributed by atoms with E-state index in [0.29, 0.717) is 12.3 Å². The van der Waals surface area contributed by atoms with Crippen LogP contribution in [0.15, 0.2) is 0 Å². The molecule has 0 bridgehead atoms. The van der Waals surface area contributed by atoms with Gasteiger partial charge in [0.1, 0.15) is 12.2 Å². The average molecular weight is 228 g/mol. The van der Waals surface area contributed by atoms with Crippen LogP contribution in [0, 0.1) is 5.92 Å². The Hall–Kier alpha value is -1.06. The van der Waals surface area contributed by atoms with Crippen molar-refractivity contribution in [1.29, 1.82) is 0 Å². The number of ether oxygens (including phenoxy) is 2. The lowest BCUT2D eigenvalue weighted by Crippen LogP contribution is -2.39. The highest BCUT2D eigenvalue weighted by Crippen LogP contribution is 2.28. The summed E-state index contributed by atoms with van der Waals surface area (Å²) in [5.74, 6) is -0.0187. The van der Waals surface area contributed by atoms with Gasteiger partial charge in [-0.25, -0.2) is 0 Å². The van der Waals surface area contributed by atoms with Gasteiger partial charge in [0.2, 0.25) is 0 Å². The highest BCUT2D eigenvalue weighted by molar-refractivity contribution is 5.69. The Labute approximate surface area is 96.3 Å². The van der Waals surface area contributed by atoms with Crippen LogP contribution < -0.4 is 0 Å². The standard InChI is InChI=1S/C12H20O4/c1-4-12(14)16-11-7-8(2)5-6-10(11)15-9(3)13/h8,10-11H,4-7H2,1-3H3/t8-,10-,11-/m1/s1. The van der Waals surface area contributed by atoms with E-state index in [9.17, 15) is 9.59 Å². The van der Waals surface area contributed by atoms with E-state index < -0.39 is 0 Å². The smallest absolute Gasteiger partial charge is 0.305 e. The van der Waals surface area contributed by atoms with Crippen LogP contribution in [-0.2, 0) is 19.1 Å². The summed E-state index contributed by atoms with van der Waals surface area (Å²) in [6.07, 6.45) is 2.41. The Kier molecular flexibility index (Phi) is 4.77. The van der Waals surface area contributed by atoms with E-state index in [-0.39, 0.29) is 24.1 Å². The Balaban J connectivity index is 2.57. The molecule has 0 spiro atoms. The Morgan fingerprint density at radius 1 is 1.19 bits per heavy atom. The number of esters is 2. The summed E-state index contributed by atoms with van der Waals surface area (Å²) in [5, 5.41) is 0. The highest BCUT2D eigenvalue weighted by Gasteiger charge is 2.33. The first-order valence-corrected chi connectivity index (χ1v) is 5.89. The fraction of sp³-hybridized carbons (Fsp3) is 0.833. The van der Waals surface area contributed by atoms with Gasteiger partial charge in [-0.1, -0.05) is 13.8 Å². The van der Waals surface area contributed by atoms with E-state index in [1.54, 1.807) is 6.92 Å². The van der Waals surface area contributed by atoms with Gasteiger partial charge in [-0.15, -0.1) is 0 Å². The molecule has 0 aliphatic heterocycles. The topological polar surface area (TPSA) is 52.6 Å². The van der Waals surface area contributed by atoms with Crippen LogP contribution in [0.1, 0.15) is 46.5 Å². The third-order valence-corrected chi connectivity index (χ3v) is 2.88. The van der Waals surface area contributed by atoms with E-state index >= 15 is 0 Å². The summed E-state index contributed by atoms with van der Waals surface area (Å²) in [6.45, 7) is 5.27. The molecule has 1 rings (SSSR count). The lowest BCUT2D eigenvalue weighted by Gasteiger charge is -2.33. The first kappa shape index (κ1) is 13.0. The predicted molar refractivity (Wildman–Crippen MR) is 58.7 cm³/mol. The van der Waals surface area contributed by atoms with Gasteiger partial charge >= 0.3 is 11.9 Å². The molecule has 0 aromatic carbocycles. The molecular weight excluding hydrogens is 208 g/mol. The molecule has 0 aromatic heterocycles. The summed E-state index contributed by atoms with van der Waals surface area (Å²) in [5.41, 5.74) is 0. The molecule has 3 atom stereocenters. The minimum atomic E-state index is -0.308. The largest absolute Gasteiger partial charge is 0.459 e. The van der Waals surface area contributed by atoms with Crippen molar-refractivity contribution in [2.24, 2.45) is 5.92 Å². The maximum absolute atomic E-state index is 11.3. The van der Waals surface area contributed by atoms with Gasteiger partial charge in [-0.2, -0.15) is 0 Å². The van der Waals surface area contributed by atoms with Crippen molar-refractivity contribution in [3.63, 3.8) is 0 Å². The highest BCUT2D eigenvalue weighted by atomic mass is 16.6. The van der Waals surface area contributed by atoms with E-state index in [0.717, 1.165) is 19.3 Å². The normalized spacial score (nSPS) is 29.6. The van der Waals surface area contributed by atoms with Crippen molar-refractivity contribution in [3.05, 3.63) is 0 Å². The molecule has 4 nitrogen and oxygen atoms in total. The molecule has 0 saturated heterocycles. The van der Waals surface area contributed by atoms with Crippen LogP contribution in [0.2, 0.25) is 0 Å². The van der Waals surface area contributed by atoms with E-state index in [2.05, 4.69) is 6.92 Å². The van der Waals surface area contributed by atoms with Gasteiger partial charge in [0.05, 0.1) is 0 Å². The zero-order valence-electron chi connectivity index (χ0n) is 10.2. The van der Waals surface area contributed by atoms with Crippen LogP contribution in [0.25, 0.3) is 0 Å². The van der Waals surface area contributed by atoms with Gasteiger partial charge < -0.3 is 9.47 Å². The lowest BCUT2D eigenvalue weighted by atomic mass is 9.86. The zero-order valence-corrected chi connectivity index (χ0v) is 10.2. The molecule has 1 fully saturated rings. The number of carbonyl (C=O) groups excluding carboxylic acids is 2. The fourth-order valence-electron chi connectivity index (χ4n) is 2.03. The Bertz CT molecular complexity index is 262. The average Bonchev–Trinajstić information content (AvgIpc) is 2.21. The molecule has 16 heavy (non-hydrogen) atoms. The molecule has 0 N–H and O–H groups in total. The molecule has 1 aliphatic rings. The summed E-state index contributed by atoms with van der Waals surface area (Å²) in [7, 11) is 0. The lowest BCUT2D eigenvalue weighted by molar-refractivity contribution is -0.171. The van der Waals surface area contributed by atoms with Gasteiger partial charge in [0.15, 0.2) is 0 Å². The van der Waals surface area contributed by atoms with Crippen molar-refractivity contribution >= 4 is 11.9 Å². The molecule has 4 heteroatoms. The minimum absolute atomic E-state index is 0.226. The molecule has 1 saturated carbocycles. The first-order chi connectivity index (χ1) is 7.52. The van der Waals surface area contributed by atoms with Crippen LogP contribution in [0.5, 0.6) is 0 Å². The number of carbonyl (C=O) groups is 2. The van der Waals surface area contributed by atoms with Gasteiger partial charge in [0.25, 0.3) is 0 Å². The first-order valence-electron chi connectivity index (χ1n) is 5.89. The second-order valence-electron chi connectivity index (χ2n) is 4.45. The Morgan fingerprint density at radius 3 is 2.44 bits per heavy atom. The third-order valence-electron chi connectivity index (χ3n) is 2.88. The molecule has 0 radical (unpaired) electrons. The number of rotatable bonds is 3. The van der Waals surface area contributed by atoms with Crippen molar-refractivity contribution in [1.82, 2.24) is 0 Å². The van der Waals surface area contributed by atoms with Crippen molar-refractivity contribution < 1.29 is 19.1 Å². The third kappa shape index (κ3) is 3.83. The number of hydrogen-bond donors (Lipinski definition) is 0. The number of hydrogen-bond acceptors (Lipinski definition) is 4. The van der Waals surface area contributed by atoms with Crippen molar-refractivity contribution in [3.8, 4) is 0 Å². The minimum Gasteiger partial charge on any atom is -0.459 e. The maximum atomic E-state index is 11.3.